The normalized spacial score (nSPS) is 16.4. The molecule has 0 bridgehead atoms. The molecule has 0 aromatic heterocycles. The number of fused-ring (bicyclic) bond motifs is 1. The van der Waals surface area contributed by atoms with E-state index in [9.17, 15) is 4.39 Å². The molecule has 0 N–H and O–H groups in total. The number of halogens is 2. The summed E-state index contributed by atoms with van der Waals surface area (Å²) >= 11 is 6.34. The molecule has 30 heavy (non-hydrogen) atoms. The van der Waals surface area contributed by atoms with Crippen molar-refractivity contribution in [3.63, 3.8) is 0 Å². The summed E-state index contributed by atoms with van der Waals surface area (Å²) in [5, 5.41) is 0.495. The van der Waals surface area contributed by atoms with Gasteiger partial charge in [0.1, 0.15) is 5.82 Å². The molecule has 0 saturated carbocycles. The van der Waals surface area contributed by atoms with E-state index in [0.717, 1.165) is 37.3 Å². The van der Waals surface area contributed by atoms with E-state index in [2.05, 4.69) is 24.0 Å². The number of hydrogen-bond acceptors (Lipinski definition) is 3. The van der Waals surface area contributed by atoms with Gasteiger partial charge in [-0.2, -0.15) is 0 Å². The minimum atomic E-state index is -0.234. The maximum atomic E-state index is 14.5. The highest BCUT2D eigenvalue weighted by Crippen LogP contribution is 2.41. The van der Waals surface area contributed by atoms with Crippen LogP contribution in [0.2, 0.25) is 5.02 Å². The number of rotatable bonds is 10. The lowest BCUT2D eigenvalue weighted by atomic mass is 9.88. The SMILES string of the molecule is CCCCCCCC1c2cc(OC)c(OC)cc2CCN1Cc1c(F)cccc1Cl. The highest BCUT2D eigenvalue weighted by molar-refractivity contribution is 6.31. The highest BCUT2D eigenvalue weighted by atomic mass is 35.5. The van der Waals surface area contributed by atoms with Crippen molar-refractivity contribution >= 4 is 11.6 Å². The van der Waals surface area contributed by atoms with Crippen LogP contribution in [0.4, 0.5) is 4.39 Å². The maximum Gasteiger partial charge on any atom is 0.161 e. The predicted molar refractivity (Wildman–Crippen MR) is 121 cm³/mol. The first-order chi connectivity index (χ1) is 14.6. The summed E-state index contributed by atoms with van der Waals surface area (Å²) in [5.41, 5.74) is 3.14. The number of nitrogens with zero attached hydrogens (tertiary/aromatic N) is 1. The van der Waals surface area contributed by atoms with E-state index in [4.69, 9.17) is 21.1 Å². The molecule has 0 radical (unpaired) electrons. The molecule has 1 unspecified atom stereocenters. The van der Waals surface area contributed by atoms with E-state index >= 15 is 0 Å². The van der Waals surface area contributed by atoms with E-state index in [1.807, 2.05) is 0 Å². The zero-order valence-electron chi connectivity index (χ0n) is 18.3. The summed E-state index contributed by atoms with van der Waals surface area (Å²) in [5.74, 6) is 1.28. The standard InChI is InChI=1S/C25H33ClFNO2/c1-4-5-6-7-8-12-23-19-16-25(30-3)24(29-2)15-18(19)13-14-28(23)17-20-21(26)10-9-11-22(20)27/h9-11,15-16,23H,4-8,12-14,17H2,1-3H3. The third-order valence-corrected chi connectivity index (χ3v) is 6.47. The zero-order chi connectivity index (χ0) is 21.5. The van der Waals surface area contributed by atoms with E-state index < -0.39 is 0 Å². The van der Waals surface area contributed by atoms with Gasteiger partial charge in [-0.05, 0) is 48.2 Å². The Morgan fingerprint density at radius 3 is 2.50 bits per heavy atom. The molecule has 3 nitrogen and oxygen atoms in total. The van der Waals surface area contributed by atoms with Crippen LogP contribution in [0.1, 0.15) is 68.2 Å². The second kappa shape index (κ2) is 11.0. The smallest absolute Gasteiger partial charge is 0.161 e. The van der Waals surface area contributed by atoms with Crippen LogP contribution in [0, 0.1) is 5.82 Å². The van der Waals surface area contributed by atoms with Crippen molar-refractivity contribution in [2.45, 2.75) is 64.5 Å². The second-order valence-electron chi connectivity index (χ2n) is 8.05. The van der Waals surface area contributed by atoms with Gasteiger partial charge in [-0.25, -0.2) is 4.39 Å². The van der Waals surface area contributed by atoms with Gasteiger partial charge in [-0.3, -0.25) is 4.90 Å². The molecule has 3 rings (SSSR count). The van der Waals surface area contributed by atoms with Gasteiger partial charge in [0.05, 0.1) is 14.2 Å². The molecule has 1 aliphatic heterocycles. The van der Waals surface area contributed by atoms with E-state index in [1.54, 1.807) is 26.4 Å². The van der Waals surface area contributed by atoms with Crippen LogP contribution in [0.5, 0.6) is 11.5 Å². The van der Waals surface area contributed by atoms with Crippen LogP contribution >= 0.6 is 11.6 Å². The number of ether oxygens (including phenoxy) is 2. The average molecular weight is 434 g/mol. The van der Waals surface area contributed by atoms with Crippen LogP contribution in [-0.4, -0.2) is 25.7 Å². The number of unbranched alkanes of at least 4 members (excludes halogenated alkanes) is 4. The lowest BCUT2D eigenvalue weighted by Crippen LogP contribution is -2.35. The summed E-state index contributed by atoms with van der Waals surface area (Å²) in [4.78, 5) is 2.37. The van der Waals surface area contributed by atoms with Crippen LogP contribution in [-0.2, 0) is 13.0 Å². The molecule has 0 aliphatic carbocycles. The van der Waals surface area contributed by atoms with Crippen LogP contribution in [0.3, 0.4) is 0 Å². The van der Waals surface area contributed by atoms with Gasteiger partial charge >= 0.3 is 0 Å². The number of benzene rings is 2. The molecular weight excluding hydrogens is 401 g/mol. The number of methoxy groups -OCH3 is 2. The van der Waals surface area contributed by atoms with Crippen molar-refractivity contribution in [1.82, 2.24) is 4.90 Å². The minimum absolute atomic E-state index is 0.214. The van der Waals surface area contributed by atoms with Gasteiger partial charge in [-0.15, -0.1) is 0 Å². The second-order valence-corrected chi connectivity index (χ2v) is 8.45. The van der Waals surface area contributed by atoms with Crippen molar-refractivity contribution in [2.75, 3.05) is 20.8 Å². The topological polar surface area (TPSA) is 21.7 Å². The molecule has 0 saturated heterocycles. The molecule has 5 heteroatoms. The highest BCUT2D eigenvalue weighted by Gasteiger charge is 2.29. The van der Waals surface area contributed by atoms with Crippen LogP contribution in [0.25, 0.3) is 0 Å². The first kappa shape index (κ1) is 22.9. The monoisotopic (exact) mass is 433 g/mol. The molecule has 1 atom stereocenters. The summed E-state index contributed by atoms with van der Waals surface area (Å²) in [6.45, 7) is 3.61. The third kappa shape index (κ3) is 5.28. The zero-order valence-corrected chi connectivity index (χ0v) is 19.1. The fourth-order valence-corrected chi connectivity index (χ4v) is 4.66. The summed E-state index contributed by atoms with van der Waals surface area (Å²) in [6, 6.07) is 9.35. The Bertz CT molecular complexity index is 822. The lowest BCUT2D eigenvalue weighted by Gasteiger charge is -2.38. The Morgan fingerprint density at radius 1 is 1.07 bits per heavy atom. The van der Waals surface area contributed by atoms with Crippen molar-refractivity contribution in [1.29, 1.82) is 0 Å². The minimum Gasteiger partial charge on any atom is -0.493 e. The van der Waals surface area contributed by atoms with Gasteiger partial charge in [0, 0.05) is 29.7 Å². The average Bonchev–Trinajstić information content (AvgIpc) is 2.75. The van der Waals surface area contributed by atoms with Gasteiger partial charge < -0.3 is 9.47 Å². The quantitative estimate of drug-likeness (QED) is 0.378. The Hall–Kier alpha value is -1.78. The maximum absolute atomic E-state index is 14.5. The van der Waals surface area contributed by atoms with Crippen molar-refractivity contribution < 1.29 is 13.9 Å². The molecular formula is C25H33ClFNO2. The first-order valence-electron chi connectivity index (χ1n) is 11.0. The largest absolute Gasteiger partial charge is 0.493 e. The Balaban J connectivity index is 1.88. The van der Waals surface area contributed by atoms with E-state index in [-0.39, 0.29) is 11.9 Å². The molecule has 0 spiro atoms. The Kier molecular flexibility index (Phi) is 8.41. The molecule has 1 heterocycles. The van der Waals surface area contributed by atoms with E-state index in [0.29, 0.717) is 17.1 Å². The first-order valence-corrected chi connectivity index (χ1v) is 11.4. The van der Waals surface area contributed by atoms with Gasteiger partial charge in [-0.1, -0.05) is 56.7 Å². The Labute approximate surface area is 185 Å². The van der Waals surface area contributed by atoms with Gasteiger partial charge in [0.15, 0.2) is 11.5 Å². The van der Waals surface area contributed by atoms with Crippen molar-refractivity contribution in [3.8, 4) is 11.5 Å². The molecule has 1 aliphatic rings. The molecule has 2 aromatic carbocycles. The van der Waals surface area contributed by atoms with Gasteiger partial charge in [0.25, 0.3) is 0 Å². The van der Waals surface area contributed by atoms with Crippen LogP contribution in [0.15, 0.2) is 30.3 Å². The molecule has 0 fully saturated rings. The van der Waals surface area contributed by atoms with E-state index in [1.165, 1.54) is 42.9 Å². The fourth-order valence-electron chi connectivity index (χ4n) is 4.44. The van der Waals surface area contributed by atoms with Gasteiger partial charge in [0.2, 0.25) is 0 Å². The van der Waals surface area contributed by atoms with Crippen LogP contribution < -0.4 is 9.47 Å². The Morgan fingerprint density at radius 2 is 1.80 bits per heavy atom. The third-order valence-electron chi connectivity index (χ3n) is 6.12. The molecule has 2 aromatic rings. The van der Waals surface area contributed by atoms with Crippen molar-refractivity contribution in [2.24, 2.45) is 0 Å². The molecule has 164 valence electrons. The molecule has 0 amide bonds. The number of hydrogen-bond donors (Lipinski definition) is 0. The summed E-state index contributed by atoms with van der Waals surface area (Å²) in [7, 11) is 3.34. The van der Waals surface area contributed by atoms with Crippen molar-refractivity contribution in [3.05, 3.63) is 57.9 Å². The predicted octanol–water partition coefficient (Wildman–Crippen LogP) is 6.96. The summed E-state index contributed by atoms with van der Waals surface area (Å²) in [6.07, 6.45) is 8.09. The lowest BCUT2D eigenvalue weighted by molar-refractivity contribution is 0.161. The fraction of sp³-hybridized carbons (Fsp3) is 0.520. The summed E-state index contributed by atoms with van der Waals surface area (Å²) < 4.78 is 25.6.